The van der Waals surface area contributed by atoms with Gasteiger partial charge in [0.15, 0.2) is 0 Å². The Morgan fingerprint density at radius 2 is 2.09 bits per heavy atom. The van der Waals surface area contributed by atoms with E-state index < -0.39 is 16.8 Å². The van der Waals surface area contributed by atoms with Crippen molar-refractivity contribution in [3.8, 4) is 0 Å². The second kappa shape index (κ2) is 5.68. The van der Waals surface area contributed by atoms with Crippen molar-refractivity contribution in [3.63, 3.8) is 0 Å². The smallest absolute Gasteiger partial charge is 0.307 e. The van der Waals surface area contributed by atoms with Crippen molar-refractivity contribution in [1.29, 1.82) is 5.41 Å². The number of carbonyl (C=O) groups excluding carboxylic acids is 1. The molecule has 9 heteroatoms. The number of aromatic amines is 1. The van der Waals surface area contributed by atoms with E-state index in [9.17, 15) is 14.4 Å². The summed E-state index contributed by atoms with van der Waals surface area (Å²) in [6.45, 7) is 4.72. The number of aldehydes is 1. The molecule has 0 saturated carbocycles. The van der Waals surface area contributed by atoms with Crippen LogP contribution in [0.25, 0.3) is 10.2 Å². The predicted octanol–water partition coefficient (Wildman–Crippen LogP) is 1.04. The summed E-state index contributed by atoms with van der Waals surface area (Å²) in [4.78, 5) is 38.9. The minimum atomic E-state index is -1.24. The van der Waals surface area contributed by atoms with E-state index in [1.165, 1.54) is 31.4 Å². The minimum Gasteiger partial charge on any atom is -0.307 e. The topological polar surface area (TPSA) is 120 Å². The summed E-state index contributed by atoms with van der Waals surface area (Å²) in [5, 5.41) is 11.6. The molecule has 0 fully saturated rings. The Labute approximate surface area is 129 Å². The Balaban J connectivity index is 2.76. The average molecular weight is 321 g/mol. The van der Waals surface area contributed by atoms with Gasteiger partial charge in [0.25, 0.3) is 5.56 Å². The molecule has 0 aromatic carbocycles. The quantitative estimate of drug-likeness (QED) is 0.433. The second-order valence-corrected chi connectivity index (χ2v) is 6.18. The SMILES string of the molecule is Cc1c(N/N=C\C=N)sc2[nH]c(=O)n(C(C)(C)C=O)c(=O)c12. The number of fused-ring (bicyclic) bond motifs is 1. The molecule has 0 aliphatic carbocycles. The van der Waals surface area contributed by atoms with Crippen molar-refractivity contribution in [2.45, 2.75) is 26.3 Å². The number of H-pyrrole nitrogens is 1. The highest BCUT2D eigenvalue weighted by Gasteiger charge is 2.26. The lowest BCUT2D eigenvalue weighted by Crippen LogP contribution is -2.47. The standard InChI is InChI=1S/C13H15N5O3S/c1-7-8-10(22-9(7)17-15-5-4-14)16-12(21)18(11(8)20)13(2,3)6-19/h4-6,14,17H,1-3H3,(H,16,21)/b14-4?,15-5-. The molecule has 0 radical (unpaired) electrons. The Morgan fingerprint density at radius 3 is 2.68 bits per heavy atom. The highest BCUT2D eigenvalue weighted by molar-refractivity contribution is 7.22. The summed E-state index contributed by atoms with van der Waals surface area (Å²) in [6.07, 6.45) is 2.82. The summed E-state index contributed by atoms with van der Waals surface area (Å²) in [5.74, 6) is 0. The molecule has 0 aliphatic heterocycles. The van der Waals surface area contributed by atoms with Gasteiger partial charge in [0.2, 0.25) is 0 Å². The third kappa shape index (κ3) is 2.50. The van der Waals surface area contributed by atoms with Gasteiger partial charge in [-0.3, -0.25) is 15.2 Å². The number of rotatable bonds is 5. The first-order chi connectivity index (χ1) is 10.3. The number of nitrogens with zero attached hydrogens (tertiary/aromatic N) is 2. The third-order valence-electron chi connectivity index (χ3n) is 3.17. The lowest BCUT2D eigenvalue weighted by atomic mass is 10.1. The maximum Gasteiger partial charge on any atom is 0.330 e. The van der Waals surface area contributed by atoms with E-state index in [2.05, 4.69) is 15.5 Å². The maximum atomic E-state index is 12.6. The van der Waals surface area contributed by atoms with Crippen LogP contribution in [0.4, 0.5) is 5.00 Å². The van der Waals surface area contributed by atoms with Crippen LogP contribution in [0.1, 0.15) is 19.4 Å². The molecule has 116 valence electrons. The molecular weight excluding hydrogens is 306 g/mol. The molecule has 8 nitrogen and oxygen atoms in total. The maximum absolute atomic E-state index is 12.6. The van der Waals surface area contributed by atoms with Gasteiger partial charge in [-0.05, 0) is 20.8 Å². The number of hydrogen-bond acceptors (Lipinski definition) is 7. The monoisotopic (exact) mass is 321 g/mol. The molecule has 22 heavy (non-hydrogen) atoms. The predicted molar refractivity (Wildman–Crippen MR) is 87.7 cm³/mol. The van der Waals surface area contributed by atoms with Crippen LogP contribution in [0, 0.1) is 12.3 Å². The zero-order chi connectivity index (χ0) is 16.5. The minimum absolute atomic E-state index is 0.340. The van der Waals surface area contributed by atoms with Crippen LogP contribution >= 0.6 is 11.3 Å². The van der Waals surface area contributed by atoms with Gasteiger partial charge >= 0.3 is 5.69 Å². The molecule has 0 atom stereocenters. The molecular formula is C13H15N5O3S. The molecule has 0 spiro atoms. The van der Waals surface area contributed by atoms with E-state index in [0.717, 1.165) is 10.8 Å². The van der Waals surface area contributed by atoms with E-state index in [-0.39, 0.29) is 0 Å². The van der Waals surface area contributed by atoms with Crippen molar-refractivity contribution in [2.75, 3.05) is 5.43 Å². The second-order valence-electron chi connectivity index (χ2n) is 5.16. The number of anilines is 1. The first-order valence-corrected chi connectivity index (χ1v) is 7.18. The molecule has 0 bridgehead atoms. The number of hydrogen-bond donors (Lipinski definition) is 3. The van der Waals surface area contributed by atoms with Crippen molar-refractivity contribution < 1.29 is 4.79 Å². The van der Waals surface area contributed by atoms with Crippen molar-refractivity contribution in [1.82, 2.24) is 9.55 Å². The fraction of sp³-hybridized carbons (Fsp3) is 0.308. The molecule has 2 aromatic heterocycles. The average Bonchev–Trinajstić information content (AvgIpc) is 2.75. The summed E-state index contributed by atoms with van der Waals surface area (Å²) in [6, 6.07) is 0. The Morgan fingerprint density at radius 1 is 1.41 bits per heavy atom. The fourth-order valence-electron chi connectivity index (χ4n) is 2.03. The van der Waals surface area contributed by atoms with E-state index in [0.29, 0.717) is 27.1 Å². The largest absolute Gasteiger partial charge is 0.330 e. The van der Waals surface area contributed by atoms with Crippen LogP contribution in [0.5, 0.6) is 0 Å². The van der Waals surface area contributed by atoms with Gasteiger partial charge in [-0.1, -0.05) is 11.3 Å². The normalized spacial score (nSPS) is 12.0. The van der Waals surface area contributed by atoms with Crippen molar-refractivity contribution >= 4 is 45.3 Å². The summed E-state index contributed by atoms with van der Waals surface area (Å²) in [7, 11) is 0. The Hall–Kier alpha value is -2.55. The number of thiophene rings is 1. The zero-order valence-electron chi connectivity index (χ0n) is 12.3. The molecule has 3 N–H and O–H groups in total. The summed E-state index contributed by atoms with van der Waals surface area (Å²) in [5.41, 5.74) is 0.952. The van der Waals surface area contributed by atoms with Gasteiger partial charge in [-0.15, -0.1) is 0 Å². The van der Waals surface area contributed by atoms with Gasteiger partial charge in [-0.25, -0.2) is 9.36 Å². The first kappa shape index (κ1) is 15.8. The van der Waals surface area contributed by atoms with Crippen LogP contribution < -0.4 is 16.7 Å². The highest BCUT2D eigenvalue weighted by Crippen LogP contribution is 2.31. The Kier molecular flexibility index (Phi) is 4.09. The zero-order valence-corrected chi connectivity index (χ0v) is 13.1. The van der Waals surface area contributed by atoms with Gasteiger partial charge in [0.05, 0.1) is 11.6 Å². The van der Waals surface area contributed by atoms with Gasteiger partial charge in [0.1, 0.15) is 21.7 Å². The number of carbonyl (C=O) groups is 1. The molecule has 0 aliphatic rings. The fourth-order valence-corrected chi connectivity index (χ4v) is 3.07. The summed E-state index contributed by atoms with van der Waals surface area (Å²) >= 11 is 1.17. The molecule has 0 unspecified atom stereocenters. The van der Waals surface area contributed by atoms with Crippen LogP contribution in [0.3, 0.4) is 0 Å². The van der Waals surface area contributed by atoms with E-state index in [1.807, 2.05) is 0 Å². The van der Waals surface area contributed by atoms with Crippen molar-refractivity contribution in [2.24, 2.45) is 5.10 Å². The first-order valence-electron chi connectivity index (χ1n) is 6.37. The molecule has 2 aromatic rings. The molecule has 2 heterocycles. The highest BCUT2D eigenvalue weighted by atomic mass is 32.1. The van der Waals surface area contributed by atoms with Crippen LogP contribution in [-0.4, -0.2) is 28.3 Å². The van der Waals surface area contributed by atoms with Gasteiger partial charge in [0, 0.05) is 11.8 Å². The number of nitrogens with one attached hydrogen (secondary N) is 3. The van der Waals surface area contributed by atoms with E-state index in [1.54, 1.807) is 6.92 Å². The van der Waals surface area contributed by atoms with Crippen molar-refractivity contribution in [3.05, 3.63) is 26.4 Å². The van der Waals surface area contributed by atoms with E-state index in [4.69, 9.17) is 5.41 Å². The number of hydrazone groups is 1. The van der Waals surface area contributed by atoms with Crippen LogP contribution in [0.15, 0.2) is 14.7 Å². The van der Waals surface area contributed by atoms with E-state index >= 15 is 0 Å². The van der Waals surface area contributed by atoms with Crippen LogP contribution in [0.2, 0.25) is 0 Å². The lowest BCUT2D eigenvalue weighted by molar-refractivity contribution is -0.114. The number of aromatic nitrogens is 2. The molecule has 0 saturated heterocycles. The lowest BCUT2D eigenvalue weighted by Gasteiger charge is -2.19. The van der Waals surface area contributed by atoms with Gasteiger partial charge in [-0.2, -0.15) is 5.10 Å². The molecule has 2 rings (SSSR count). The van der Waals surface area contributed by atoms with Crippen LogP contribution in [-0.2, 0) is 10.3 Å². The third-order valence-corrected chi connectivity index (χ3v) is 4.28. The summed E-state index contributed by atoms with van der Waals surface area (Å²) < 4.78 is 0.909. The number of aryl methyl sites for hydroxylation is 1. The van der Waals surface area contributed by atoms with Gasteiger partial charge < -0.3 is 10.2 Å². The molecule has 0 amide bonds. The Bertz CT molecular complexity index is 887.